The van der Waals surface area contributed by atoms with Crippen LogP contribution in [-0.2, 0) is 9.53 Å². The van der Waals surface area contributed by atoms with Crippen LogP contribution in [0.3, 0.4) is 0 Å². The van der Waals surface area contributed by atoms with Crippen LogP contribution in [0.4, 0.5) is 5.13 Å². The van der Waals surface area contributed by atoms with Crippen LogP contribution in [0.25, 0.3) is 17.3 Å². The van der Waals surface area contributed by atoms with E-state index in [0.29, 0.717) is 20.8 Å². The van der Waals surface area contributed by atoms with Crippen molar-refractivity contribution in [2.45, 2.75) is 38.1 Å². The molecule has 0 unspecified atom stereocenters. The summed E-state index contributed by atoms with van der Waals surface area (Å²) in [6.07, 6.45) is 7.29. The molecule has 2 aliphatic rings. The van der Waals surface area contributed by atoms with Gasteiger partial charge in [0.2, 0.25) is 5.13 Å². The van der Waals surface area contributed by atoms with Crippen molar-refractivity contribution in [3.8, 4) is 11.3 Å². The molecular weight excluding hydrogens is 478 g/mol. The number of thioether (sulfide) groups is 1. The minimum Gasteiger partial charge on any atom is -0.465 e. The molecule has 1 saturated heterocycles. The number of nitrogens with zero attached hydrogens (tertiary/aromatic N) is 3. The van der Waals surface area contributed by atoms with E-state index in [-0.39, 0.29) is 17.9 Å². The van der Waals surface area contributed by atoms with Crippen LogP contribution >= 0.6 is 23.1 Å². The van der Waals surface area contributed by atoms with Crippen molar-refractivity contribution in [1.29, 1.82) is 0 Å². The number of methoxy groups -OCH3 is 1. The molecule has 6 nitrogen and oxygen atoms in total. The van der Waals surface area contributed by atoms with E-state index in [4.69, 9.17) is 14.7 Å². The number of aromatic nitrogens is 1. The summed E-state index contributed by atoms with van der Waals surface area (Å²) in [5.74, 6) is -0.399. The summed E-state index contributed by atoms with van der Waals surface area (Å²) < 4.78 is 4.77. The molecule has 8 heteroatoms. The number of rotatable bonds is 5. The molecule has 0 spiro atoms. The molecule has 1 aliphatic heterocycles. The SMILES string of the molecule is COC(=O)c1ccc(/C=C2\S/C(=N/c3nc(-c4ccccc4)cs3)N(C3CCCCC3)C2=O)cc1. The zero-order valence-corrected chi connectivity index (χ0v) is 21.0. The van der Waals surface area contributed by atoms with Gasteiger partial charge in [-0.25, -0.2) is 9.78 Å². The van der Waals surface area contributed by atoms with E-state index in [1.54, 1.807) is 12.1 Å². The van der Waals surface area contributed by atoms with Crippen LogP contribution in [-0.4, -0.2) is 40.1 Å². The Morgan fingerprint density at radius 2 is 1.83 bits per heavy atom. The molecule has 0 atom stereocenters. The van der Waals surface area contributed by atoms with Crippen LogP contribution in [0.2, 0.25) is 0 Å². The first-order valence-electron chi connectivity index (χ1n) is 11.6. The van der Waals surface area contributed by atoms with Crippen molar-refractivity contribution >= 4 is 51.4 Å². The highest BCUT2D eigenvalue weighted by atomic mass is 32.2. The number of hydrogen-bond acceptors (Lipinski definition) is 7. The fraction of sp³-hybridized carbons (Fsp3) is 0.259. The van der Waals surface area contributed by atoms with Crippen molar-refractivity contribution in [2.24, 2.45) is 4.99 Å². The Hall–Kier alpha value is -3.23. The molecule has 5 rings (SSSR count). The molecule has 1 aliphatic carbocycles. The molecule has 0 radical (unpaired) electrons. The predicted molar refractivity (Wildman–Crippen MR) is 142 cm³/mol. The standard InChI is InChI=1S/C27H25N3O3S2/c1-33-25(32)20-14-12-18(13-15-20)16-23-24(31)30(21-10-6-3-7-11-21)27(35-23)29-26-28-22(17-34-26)19-8-4-2-5-9-19/h2,4-5,8-9,12-17,21H,3,6-7,10-11H2,1H3/b23-16-,29-27+. The van der Waals surface area contributed by atoms with Gasteiger partial charge in [-0.15, -0.1) is 11.3 Å². The normalized spacial score (nSPS) is 19.0. The Labute approximate surface area is 212 Å². The van der Waals surface area contributed by atoms with E-state index in [9.17, 15) is 9.59 Å². The van der Waals surface area contributed by atoms with Crippen LogP contribution < -0.4 is 0 Å². The van der Waals surface area contributed by atoms with Gasteiger partial charge in [0.25, 0.3) is 5.91 Å². The maximum Gasteiger partial charge on any atom is 0.337 e. The first-order chi connectivity index (χ1) is 17.1. The van der Waals surface area contributed by atoms with Crippen molar-refractivity contribution in [1.82, 2.24) is 9.88 Å². The van der Waals surface area contributed by atoms with Crippen molar-refractivity contribution < 1.29 is 14.3 Å². The van der Waals surface area contributed by atoms with Crippen molar-refractivity contribution in [2.75, 3.05) is 7.11 Å². The maximum atomic E-state index is 13.5. The molecule has 0 bridgehead atoms. The zero-order valence-electron chi connectivity index (χ0n) is 19.3. The molecule has 2 aromatic carbocycles. The lowest BCUT2D eigenvalue weighted by Crippen LogP contribution is -2.40. The second-order valence-electron chi connectivity index (χ2n) is 8.47. The van der Waals surface area contributed by atoms with Gasteiger partial charge in [0.15, 0.2) is 5.17 Å². The average molecular weight is 504 g/mol. The Kier molecular flexibility index (Phi) is 7.11. The van der Waals surface area contributed by atoms with Gasteiger partial charge in [-0.2, -0.15) is 4.99 Å². The number of benzene rings is 2. The molecule has 1 saturated carbocycles. The minimum absolute atomic E-state index is 0.0162. The fourth-order valence-corrected chi connectivity index (χ4v) is 6.14. The van der Waals surface area contributed by atoms with E-state index >= 15 is 0 Å². The number of carbonyl (C=O) groups is 2. The number of carbonyl (C=O) groups excluding carboxylic acids is 2. The van der Waals surface area contributed by atoms with Gasteiger partial charge in [-0.05, 0) is 48.4 Å². The quantitative estimate of drug-likeness (QED) is 0.292. The summed E-state index contributed by atoms with van der Waals surface area (Å²) in [6.45, 7) is 0. The highest BCUT2D eigenvalue weighted by molar-refractivity contribution is 8.18. The molecule has 0 N–H and O–H groups in total. The number of amides is 1. The molecule has 3 aromatic rings. The molecule has 1 amide bonds. The van der Waals surface area contributed by atoms with E-state index in [1.807, 2.05) is 58.8 Å². The molecule has 1 aromatic heterocycles. The van der Waals surface area contributed by atoms with E-state index < -0.39 is 0 Å². The Bertz CT molecular complexity index is 1280. The van der Waals surface area contributed by atoms with Gasteiger partial charge in [0, 0.05) is 17.0 Å². The van der Waals surface area contributed by atoms with Gasteiger partial charge < -0.3 is 4.74 Å². The summed E-state index contributed by atoms with van der Waals surface area (Å²) in [7, 11) is 1.36. The molecule has 2 heterocycles. The molecule has 35 heavy (non-hydrogen) atoms. The zero-order chi connectivity index (χ0) is 24.2. The lowest BCUT2D eigenvalue weighted by atomic mass is 9.94. The summed E-state index contributed by atoms with van der Waals surface area (Å²) in [5, 5.41) is 3.33. The highest BCUT2D eigenvalue weighted by Crippen LogP contribution is 2.39. The highest BCUT2D eigenvalue weighted by Gasteiger charge is 2.38. The van der Waals surface area contributed by atoms with Gasteiger partial charge in [0.05, 0.1) is 23.3 Å². The predicted octanol–water partition coefficient (Wildman–Crippen LogP) is 6.53. The van der Waals surface area contributed by atoms with Crippen molar-refractivity contribution in [3.63, 3.8) is 0 Å². The topological polar surface area (TPSA) is 71.9 Å². The smallest absolute Gasteiger partial charge is 0.337 e. The third-order valence-electron chi connectivity index (χ3n) is 6.16. The average Bonchev–Trinajstić information content (AvgIpc) is 3.49. The van der Waals surface area contributed by atoms with Gasteiger partial charge in [-0.3, -0.25) is 9.69 Å². The first-order valence-corrected chi connectivity index (χ1v) is 13.3. The monoisotopic (exact) mass is 503 g/mol. The Balaban J connectivity index is 1.45. The van der Waals surface area contributed by atoms with Crippen LogP contribution in [0.5, 0.6) is 0 Å². The number of amidine groups is 1. The van der Waals surface area contributed by atoms with Gasteiger partial charge in [0.1, 0.15) is 0 Å². The van der Waals surface area contributed by atoms with Gasteiger partial charge in [-0.1, -0.05) is 61.7 Å². The van der Waals surface area contributed by atoms with E-state index in [0.717, 1.165) is 42.5 Å². The molecular formula is C27H25N3O3S2. The first kappa shape index (κ1) is 23.5. The third-order valence-corrected chi connectivity index (χ3v) is 7.88. The van der Waals surface area contributed by atoms with E-state index in [2.05, 4.69) is 0 Å². The number of esters is 1. The van der Waals surface area contributed by atoms with Crippen LogP contribution in [0, 0.1) is 0 Å². The van der Waals surface area contributed by atoms with Crippen molar-refractivity contribution in [3.05, 3.63) is 76.0 Å². The second-order valence-corrected chi connectivity index (χ2v) is 10.3. The summed E-state index contributed by atoms with van der Waals surface area (Å²) in [5.41, 5.74) is 3.25. The number of ether oxygens (including phenoxy) is 1. The lowest BCUT2D eigenvalue weighted by Gasteiger charge is -2.30. The van der Waals surface area contributed by atoms with E-state index in [1.165, 1.54) is 36.6 Å². The summed E-state index contributed by atoms with van der Waals surface area (Å²) in [4.78, 5) is 37.3. The fourth-order valence-electron chi connectivity index (χ4n) is 4.35. The molecule has 2 fully saturated rings. The third kappa shape index (κ3) is 5.23. The molecule has 178 valence electrons. The Morgan fingerprint density at radius 1 is 1.09 bits per heavy atom. The van der Waals surface area contributed by atoms with Gasteiger partial charge >= 0.3 is 5.97 Å². The number of thiazole rings is 1. The minimum atomic E-state index is -0.383. The lowest BCUT2D eigenvalue weighted by molar-refractivity contribution is -0.124. The number of hydrogen-bond donors (Lipinski definition) is 0. The summed E-state index contributed by atoms with van der Waals surface area (Å²) >= 11 is 2.87. The second kappa shape index (κ2) is 10.6. The van der Waals surface area contributed by atoms with Crippen LogP contribution in [0.15, 0.2) is 69.9 Å². The van der Waals surface area contributed by atoms with Crippen LogP contribution in [0.1, 0.15) is 48.0 Å². The number of aliphatic imine (C=N–C) groups is 1. The largest absolute Gasteiger partial charge is 0.465 e. The Morgan fingerprint density at radius 3 is 2.54 bits per heavy atom. The summed E-state index contributed by atoms with van der Waals surface area (Å²) in [6, 6.07) is 17.2. The maximum absolute atomic E-state index is 13.5.